The van der Waals surface area contributed by atoms with Crippen molar-refractivity contribution in [3.05, 3.63) is 62.2 Å². The highest BCUT2D eigenvalue weighted by molar-refractivity contribution is 5.85. The first-order valence-electron chi connectivity index (χ1n) is 8.49. The minimum Gasteiger partial charge on any atom is -0.504 e. The van der Waals surface area contributed by atoms with Gasteiger partial charge >= 0.3 is 5.69 Å². The maximum atomic E-state index is 11.0. The van der Waals surface area contributed by atoms with Crippen LogP contribution in [0.1, 0.15) is 12.5 Å². The van der Waals surface area contributed by atoms with Crippen LogP contribution in [0.5, 0.6) is 11.5 Å². The molecule has 0 aliphatic rings. The summed E-state index contributed by atoms with van der Waals surface area (Å²) in [6.07, 6.45) is 2.00. The number of non-ortho nitro benzene ring substituents is 1. The molecule has 0 bridgehead atoms. The number of para-hydroxylation sites is 1. The number of nitrogens with zero attached hydrogens (tertiary/aromatic N) is 4. The van der Waals surface area contributed by atoms with Crippen molar-refractivity contribution in [3.63, 3.8) is 0 Å². The molecule has 0 aliphatic carbocycles. The topological polar surface area (TPSA) is 160 Å². The second-order valence-electron chi connectivity index (χ2n) is 5.78. The monoisotopic (exact) mass is 419 g/mol. The normalized spacial score (nSPS) is 9.97. The fraction of sp³-hybridized carbons (Fsp3) is 0.222. The van der Waals surface area contributed by atoms with Crippen LogP contribution in [0.15, 0.2) is 41.5 Å². The molecule has 0 spiro atoms. The van der Waals surface area contributed by atoms with E-state index in [-0.39, 0.29) is 17.2 Å². The average Bonchev–Trinajstić information content (AvgIpc) is 2.71. The number of anilines is 1. The number of rotatable bonds is 8. The van der Waals surface area contributed by atoms with Gasteiger partial charge in [0.25, 0.3) is 5.69 Å². The Bertz CT molecular complexity index is 931. The molecule has 0 saturated heterocycles. The van der Waals surface area contributed by atoms with E-state index < -0.39 is 21.2 Å². The number of nitrogens with one attached hydrogen (secondary N) is 1. The van der Waals surface area contributed by atoms with Crippen molar-refractivity contribution in [2.75, 3.05) is 26.1 Å². The summed E-state index contributed by atoms with van der Waals surface area (Å²) in [4.78, 5) is 31.1. The second-order valence-corrected chi connectivity index (χ2v) is 5.78. The summed E-state index contributed by atoms with van der Waals surface area (Å²) < 4.78 is 5.24. The number of hydrogen-bond acceptors (Lipinski definition) is 9. The van der Waals surface area contributed by atoms with Crippen molar-refractivity contribution in [3.8, 4) is 11.5 Å². The van der Waals surface area contributed by atoms with Gasteiger partial charge in [0, 0.05) is 25.7 Å². The zero-order valence-corrected chi connectivity index (χ0v) is 16.5. The zero-order chi connectivity index (χ0) is 22.7. The van der Waals surface area contributed by atoms with E-state index in [1.165, 1.54) is 17.2 Å². The van der Waals surface area contributed by atoms with Crippen LogP contribution in [0.2, 0.25) is 0 Å². The number of phenols is 1. The molecule has 0 aliphatic heterocycles. The van der Waals surface area contributed by atoms with E-state index >= 15 is 0 Å². The van der Waals surface area contributed by atoms with Crippen LogP contribution in [0.25, 0.3) is 0 Å². The van der Waals surface area contributed by atoms with E-state index in [0.29, 0.717) is 12.2 Å². The van der Waals surface area contributed by atoms with Crippen LogP contribution in [0.4, 0.5) is 17.1 Å². The van der Waals surface area contributed by atoms with Gasteiger partial charge < -0.3 is 14.7 Å². The van der Waals surface area contributed by atoms with Crippen LogP contribution in [0.3, 0.4) is 0 Å². The lowest BCUT2D eigenvalue weighted by Gasteiger charge is -2.07. The highest BCUT2D eigenvalue weighted by atomic mass is 16.6. The lowest BCUT2D eigenvalue weighted by atomic mass is 10.2. The number of amides is 1. The van der Waals surface area contributed by atoms with Crippen LogP contribution < -0.4 is 10.2 Å². The molecule has 0 aromatic heterocycles. The fourth-order valence-electron chi connectivity index (χ4n) is 1.97. The summed E-state index contributed by atoms with van der Waals surface area (Å²) in [6.45, 7) is 2.15. The first-order chi connectivity index (χ1) is 14.2. The predicted octanol–water partition coefficient (Wildman–Crippen LogP) is 2.76. The first kappa shape index (κ1) is 23.8. The highest BCUT2D eigenvalue weighted by Gasteiger charge is 2.19. The van der Waals surface area contributed by atoms with Gasteiger partial charge in [-0.15, -0.1) is 0 Å². The number of phenolic OH excluding ortho intramolecular Hbond substituents is 1. The summed E-state index contributed by atoms with van der Waals surface area (Å²) in [5.74, 6) is 0.167. The molecule has 2 rings (SSSR count). The smallest absolute Gasteiger partial charge is 0.301 e. The molecule has 2 aromatic rings. The SMILES string of the molecule is CCOc1cccc(/C=N/Nc2ccc([N+](=O)[O-])cc2[N+](=O)[O-])c1O.CN(C)C=O. The van der Waals surface area contributed by atoms with Gasteiger partial charge in [0.15, 0.2) is 11.5 Å². The van der Waals surface area contributed by atoms with Crippen molar-refractivity contribution in [2.45, 2.75) is 6.92 Å². The highest BCUT2D eigenvalue weighted by Crippen LogP contribution is 2.30. The molecule has 0 heterocycles. The minimum atomic E-state index is -0.752. The number of aromatic hydroxyl groups is 1. The number of nitro groups is 2. The third-order valence-electron chi connectivity index (χ3n) is 3.32. The van der Waals surface area contributed by atoms with Gasteiger partial charge in [0.1, 0.15) is 5.69 Å². The van der Waals surface area contributed by atoms with Crippen molar-refractivity contribution < 1.29 is 24.5 Å². The molecule has 12 heteroatoms. The van der Waals surface area contributed by atoms with E-state index in [2.05, 4.69) is 10.5 Å². The Labute approximate surface area is 171 Å². The molecule has 12 nitrogen and oxygen atoms in total. The molecule has 2 N–H and O–H groups in total. The molecule has 160 valence electrons. The van der Waals surface area contributed by atoms with Crippen molar-refractivity contribution >= 4 is 29.7 Å². The Morgan fingerprint density at radius 1 is 1.20 bits per heavy atom. The lowest BCUT2D eigenvalue weighted by Crippen LogP contribution is -2.06. The number of hydrazone groups is 1. The number of nitro benzene ring substituents is 2. The largest absolute Gasteiger partial charge is 0.504 e. The van der Waals surface area contributed by atoms with E-state index in [1.54, 1.807) is 39.2 Å². The molecular weight excluding hydrogens is 398 g/mol. The maximum Gasteiger partial charge on any atom is 0.301 e. The van der Waals surface area contributed by atoms with Gasteiger partial charge in [0.2, 0.25) is 6.41 Å². The Morgan fingerprint density at radius 2 is 1.87 bits per heavy atom. The molecule has 0 fully saturated rings. The molecular formula is C18H21N5O7. The summed E-state index contributed by atoms with van der Waals surface area (Å²) >= 11 is 0. The Hall–Kier alpha value is -4.22. The van der Waals surface area contributed by atoms with Gasteiger partial charge in [-0.1, -0.05) is 6.07 Å². The summed E-state index contributed by atoms with van der Waals surface area (Å²) in [7, 11) is 3.38. The van der Waals surface area contributed by atoms with Gasteiger partial charge in [-0.25, -0.2) is 0 Å². The van der Waals surface area contributed by atoms with Gasteiger partial charge in [-0.2, -0.15) is 5.10 Å². The van der Waals surface area contributed by atoms with Gasteiger partial charge in [-0.3, -0.25) is 30.4 Å². The maximum absolute atomic E-state index is 11.0. The standard InChI is InChI=1S/C15H14N4O6.C3H7NO/c1-2-25-14-5-3-4-10(15(14)20)9-16-17-12-7-6-11(18(21)22)8-13(12)19(23)24;1-4(2)3-5/h3-9,17,20H,2H2,1H3;3H,1-2H3/b16-9+;. The van der Waals surface area contributed by atoms with Crippen molar-refractivity contribution in [1.82, 2.24) is 4.90 Å². The van der Waals surface area contributed by atoms with Crippen molar-refractivity contribution in [1.29, 1.82) is 0 Å². The third-order valence-corrected chi connectivity index (χ3v) is 3.32. The molecule has 1 amide bonds. The molecule has 30 heavy (non-hydrogen) atoms. The van der Waals surface area contributed by atoms with Gasteiger partial charge in [-0.05, 0) is 25.1 Å². The van der Waals surface area contributed by atoms with E-state index in [1.807, 2.05) is 0 Å². The quantitative estimate of drug-likeness (QED) is 0.286. The summed E-state index contributed by atoms with van der Waals surface area (Å²) in [5.41, 5.74) is 1.87. The number of benzene rings is 2. The number of carbonyl (C=O) groups is 1. The number of hydrogen-bond donors (Lipinski definition) is 2. The molecule has 0 atom stereocenters. The first-order valence-corrected chi connectivity index (χ1v) is 8.49. The van der Waals surface area contributed by atoms with Crippen LogP contribution >= 0.6 is 0 Å². The van der Waals surface area contributed by atoms with Crippen LogP contribution in [0, 0.1) is 20.2 Å². The lowest BCUT2D eigenvalue weighted by molar-refractivity contribution is -0.393. The minimum absolute atomic E-state index is 0.0210. The second kappa shape index (κ2) is 11.6. The Balaban J connectivity index is 0.000000804. The third kappa shape index (κ3) is 7.07. The van der Waals surface area contributed by atoms with E-state index in [4.69, 9.17) is 4.74 Å². The number of ether oxygens (including phenoxy) is 1. The van der Waals surface area contributed by atoms with Crippen molar-refractivity contribution in [2.24, 2.45) is 5.10 Å². The average molecular weight is 419 g/mol. The Kier molecular flexibility index (Phi) is 9.20. The molecule has 2 aromatic carbocycles. The molecule has 0 radical (unpaired) electrons. The number of carbonyl (C=O) groups excluding carboxylic acids is 1. The molecule has 0 saturated carbocycles. The molecule has 0 unspecified atom stereocenters. The fourth-order valence-corrected chi connectivity index (χ4v) is 1.97. The predicted molar refractivity (Wildman–Crippen MR) is 110 cm³/mol. The Morgan fingerprint density at radius 3 is 2.40 bits per heavy atom. The van der Waals surface area contributed by atoms with Gasteiger partial charge in [0.05, 0.1) is 28.7 Å². The van der Waals surface area contributed by atoms with E-state index in [0.717, 1.165) is 18.5 Å². The van der Waals surface area contributed by atoms with Crippen LogP contribution in [-0.2, 0) is 4.79 Å². The van der Waals surface area contributed by atoms with E-state index in [9.17, 15) is 30.1 Å². The van der Waals surface area contributed by atoms with Crippen LogP contribution in [-0.4, -0.2) is 53.2 Å². The summed E-state index contributed by atoms with van der Waals surface area (Å²) in [6, 6.07) is 7.96. The zero-order valence-electron chi connectivity index (χ0n) is 16.5. The summed E-state index contributed by atoms with van der Waals surface area (Å²) in [5, 5.41) is 35.6.